The third kappa shape index (κ3) is 4.33. The van der Waals surface area contributed by atoms with Crippen LogP contribution in [0.15, 0.2) is 30.5 Å². The quantitative estimate of drug-likeness (QED) is 0.852. The summed E-state index contributed by atoms with van der Waals surface area (Å²) in [5.74, 6) is -0.0587. The van der Waals surface area contributed by atoms with Crippen LogP contribution in [-0.4, -0.2) is 33.4 Å². The summed E-state index contributed by atoms with van der Waals surface area (Å²) in [5.41, 5.74) is 2.21. The van der Waals surface area contributed by atoms with Gasteiger partial charge in [0.05, 0.1) is 29.2 Å². The minimum Gasteiger partial charge on any atom is -0.393 e. The molecule has 5 nitrogen and oxygen atoms in total. The van der Waals surface area contributed by atoms with Gasteiger partial charge in [0.15, 0.2) is 0 Å². The molecule has 0 aliphatic heterocycles. The second-order valence-corrected chi connectivity index (χ2v) is 6.32. The fraction of sp³-hybridized carbons (Fsp3) is 0.412. The molecular formula is C17H22ClN3O2. The summed E-state index contributed by atoms with van der Waals surface area (Å²) in [6.07, 6.45) is 1.66. The van der Waals surface area contributed by atoms with Crippen molar-refractivity contribution in [2.45, 2.75) is 39.2 Å². The van der Waals surface area contributed by atoms with E-state index in [0.29, 0.717) is 23.6 Å². The first-order valence-electron chi connectivity index (χ1n) is 7.70. The highest BCUT2D eigenvalue weighted by Crippen LogP contribution is 2.24. The first-order chi connectivity index (χ1) is 10.9. The van der Waals surface area contributed by atoms with Gasteiger partial charge in [0.25, 0.3) is 5.91 Å². The van der Waals surface area contributed by atoms with Gasteiger partial charge in [-0.15, -0.1) is 0 Å². The molecule has 0 radical (unpaired) electrons. The highest BCUT2D eigenvalue weighted by atomic mass is 35.5. The molecule has 6 heteroatoms. The van der Waals surface area contributed by atoms with Gasteiger partial charge in [-0.3, -0.25) is 4.79 Å². The molecule has 0 saturated heterocycles. The lowest BCUT2D eigenvalue weighted by molar-refractivity contribution is 0.0944. The van der Waals surface area contributed by atoms with Gasteiger partial charge in [-0.05, 0) is 37.5 Å². The average molecular weight is 336 g/mol. The number of aliphatic hydroxyl groups is 1. The predicted molar refractivity (Wildman–Crippen MR) is 91.3 cm³/mol. The third-order valence-corrected chi connectivity index (χ3v) is 3.73. The first-order valence-corrected chi connectivity index (χ1v) is 8.08. The first kappa shape index (κ1) is 17.5. The summed E-state index contributed by atoms with van der Waals surface area (Å²) in [6, 6.07) is 7.37. The van der Waals surface area contributed by atoms with Gasteiger partial charge in [0, 0.05) is 11.6 Å². The number of amides is 1. The van der Waals surface area contributed by atoms with E-state index in [1.54, 1.807) is 23.9 Å². The van der Waals surface area contributed by atoms with Crippen LogP contribution in [0.4, 0.5) is 0 Å². The van der Waals surface area contributed by atoms with E-state index >= 15 is 0 Å². The number of aromatic nitrogens is 2. The van der Waals surface area contributed by atoms with Crippen LogP contribution in [0.25, 0.3) is 5.69 Å². The van der Waals surface area contributed by atoms with Crippen molar-refractivity contribution < 1.29 is 9.90 Å². The molecule has 1 heterocycles. The largest absolute Gasteiger partial charge is 0.393 e. The SMILES string of the molecule is CC(O)CCNC(=O)c1cnn(-c2cccc(Cl)c2)c1C(C)C. The monoisotopic (exact) mass is 335 g/mol. The van der Waals surface area contributed by atoms with Crippen LogP contribution in [0.5, 0.6) is 0 Å². The summed E-state index contributed by atoms with van der Waals surface area (Å²) in [4.78, 5) is 12.4. The molecule has 124 valence electrons. The van der Waals surface area contributed by atoms with Crippen LogP contribution < -0.4 is 5.32 Å². The van der Waals surface area contributed by atoms with E-state index in [0.717, 1.165) is 11.4 Å². The lowest BCUT2D eigenvalue weighted by Crippen LogP contribution is -2.27. The van der Waals surface area contributed by atoms with Crippen molar-refractivity contribution in [2.24, 2.45) is 0 Å². The van der Waals surface area contributed by atoms with Crippen LogP contribution >= 0.6 is 11.6 Å². The standard InChI is InChI=1S/C17H22ClN3O2/c1-11(2)16-15(17(23)19-8-7-12(3)22)10-20-21(16)14-6-4-5-13(18)9-14/h4-6,9-12,22H,7-8H2,1-3H3,(H,19,23). The number of carbonyl (C=O) groups is 1. The molecule has 1 unspecified atom stereocenters. The van der Waals surface area contributed by atoms with E-state index in [1.165, 1.54) is 0 Å². The van der Waals surface area contributed by atoms with Crippen molar-refractivity contribution >= 4 is 17.5 Å². The molecule has 23 heavy (non-hydrogen) atoms. The van der Waals surface area contributed by atoms with E-state index in [2.05, 4.69) is 10.4 Å². The van der Waals surface area contributed by atoms with E-state index in [4.69, 9.17) is 11.6 Å². The van der Waals surface area contributed by atoms with Crippen molar-refractivity contribution in [3.05, 3.63) is 46.7 Å². The van der Waals surface area contributed by atoms with E-state index in [9.17, 15) is 9.90 Å². The Balaban J connectivity index is 2.30. The van der Waals surface area contributed by atoms with Gasteiger partial charge in [0.1, 0.15) is 0 Å². The van der Waals surface area contributed by atoms with Gasteiger partial charge in [-0.25, -0.2) is 4.68 Å². The molecule has 1 atom stereocenters. The van der Waals surface area contributed by atoms with Crippen LogP contribution in [-0.2, 0) is 0 Å². The van der Waals surface area contributed by atoms with Crippen molar-refractivity contribution in [3.63, 3.8) is 0 Å². The van der Waals surface area contributed by atoms with Crippen LogP contribution in [0, 0.1) is 0 Å². The maximum Gasteiger partial charge on any atom is 0.254 e. The number of hydrogen-bond acceptors (Lipinski definition) is 3. The Kier molecular flexibility index (Phi) is 5.80. The Morgan fingerprint density at radius 1 is 1.39 bits per heavy atom. The van der Waals surface area contributed by atoms with Crippen LogP contribution in [0.2, 0.25) is 5.02 Å². The number of halogens is 1. The van der Waals surface area contributed by atoms with Crippen molar-refractivity contribution in [2.75, 3.05) is 6.54 Å². The molecule has 2 N–H and O–H groups in total. The molecule has 1 amide bonds. The van der Waals surface area contributed by atoms with Gasteiger partial charge >= 0.3 is 0 Å². The summed E-state index contributed by atoms with van der Waals surface area (Å²) < 4.78 is 1.75. The number of aliphatic hydroxyl groups excluding tert-OH is 1. The van der Waals surface area contributed by atoms with Crippen molar-refractivity contribution in [1.82, 2.24) is 15.1 Å². The third-order valence-electron chi connectivity index (χ3n) is 3.50. The molecule has 0 aliphatic carbocycles. The summed E-state index contributed by atoms with van der Waals surface area (Å²) in [5, 5.41) is 17.1. The Bertz CT molecular complexity index is 680. The average Bonchev–Trinajstić information content (AvgIpc) is 2.91. The van der Waals surface area contributed by atoms with Crippen molar-refractivity contribution in [3.8, 4) is 5.69 Å². The summed E-state index contributed by atoms with van der Waals surface area (Å²) in [7, 11) is 0. The Morgan fingerprint density at radius 2 is 2.13 bits per heavy atom. The molecular weight excluding hydrogens is 314 g/mol. The zero-order valence-corrected chi connectivity index (χ0v) is 14.3. The number of carbonyl (C=O) groups excluding carboxylic acids is 1. The normalized spacial score (nSPS) is 12.4. The van der Waals surface area contributed by atoms with Gasteiger partial charge in [-0.1, -0.05) is 31.5 Å². The lowest BCUT2D eigenvalue weighted by Gasteiger charge is -2.13. The number of nitrogens with one attached hydrogen (secondary N) is 1. The molecule has 0 spiro atoms. The number of rotatable bonds is 6. The second kappa shape index (κ2) is 7.62. The summed E-state index contributed by atoms with van der Waals surface area (Å²) in [6.45, 7) is 6.16. The molecule has 0 aliphatic rings. The van der Waals surface area contributed by atoms with E-state index in [-0.39, 0.29) is 11.8 Å². The molecule has 1 aromatic carbocycles. The van der Waals surface area contributed by atoms with Gasteiger partial charge < -0.3 is 10.4 Å². The summed E-state index contributed by atoms with van der Waals surface area (Å²) >= 11 is 6.05. The zero-order chi connectivity index (χ0) is 17.0. The number of benzene rings is 1. The Hall–Kier alpha value is -1.85. The fourth-order valence-electron chi connectivity index (χ4n) is 2.39. The van der Waals surface area contributed by atoms with Gasteiger partial charge in [-0.2, -0.15) is 5.10 Å². The molecule has 0 bridgehead atoms. The fourth-order valence-corrected chi connectivity index (χ4v) is 2.58. The highest BCUT2D eigenvalue weighted by molar-refractivity contribution is 6.30. The highest BCUT2D eigenvalue weighted by Gasteiger charge is 2.20. The van der Waals surface area contributed by atoms with Crippen LogP contribution in [0.3, 0.4) is 0 Å². The maximum atomic E-state index is 12.4. The van der Waals surface area contributed by atoms with Crippen molar-refractivity contribution in [1.29, 1.82) is 0 Å². The Morgan fingerprint density at radius 3 is 2.74 bits per heavy atom. The second-order valence-electron chi connectivity index (χ2n) is 5.88. The van der Waals surface area contributed by atoms with E-state index in [1.807, 2.05) is 32.0 Å². The number of nitrogens with zero attached hydrogens (tertiary/aromatic N) is 2. The molecule has 1 aromatic heterocycles. The zero-order valence-electron chi connectivity index (χ0n) is 13.6. The van der Waals surface area contributed by atoms with E-state index < -0.39 is 6.10 Å². The molecule has 0 saturated carbocycles. The molecule has 0 fully saturated rings. The maximum absolute atomic E-state index is 12.4. The van der Waals surface area contributed by atoms with Crippen LogP contribution in [0.1, 0.15) is 49.2 Å². The topological polar surface area (TPSA) is 67.2 Å². The molecule has 2 aromatic rings. The smallest absolute Gasteiger partial charge is 0.254 e. The Labute approximate surface area is 141 Å². The lowest BCUT2D eigenvalue weighted by atomic mass is 10.0. The predicted octanol–water partition coefficient (Wildman–Crippen LogP) is 3.15. The minimum atomic E-state index is -0.436. The minimum absolute atomic E-state index is 0.119. The number of hydrogen-bond donors (Lipinski definition) is 2. The molecule has 2 rings (SSSR count). The van der Waals surface area contributed by atoms with Gasteiger partial charge in [0.2, 0.25) is 0 Å².